The summed E-state index contributed by atoms with van der Waals surface area (Å²) >= 11 is 0. The number of benzene rings is 1. The van der Waals surface area contributed by atoms with E-state index in [1.54, 1.807) is 36.1 Å². The number of anilines is 2. The predicted molar refractivity (Wildman–Crippen MR) is 73.4 cm³/mol. The summed E-state index contributed by atoms with van der Waals surface area (Å²) in [5, 5.41) is 2.70. The summed E-state index contributed by atoms with van der Waals surface area (Å²) in [4.78, 5) is 13.1. The molecule has 104 valence electrons. The summed E-state index contributed by atoms with van der Waals surface area (Å²) in [6.45, 7) is 3.25. The van der Waals surface area contributed by atoms with Gasteiger partial charge in [-0.15, -0.1) is 0 Å². The second kappa shape index (κ2) is 5.45. The van der Waals surface area contributed by atoms with E-state index in [-0.39, 0.29) is 6.03 Å². The lowest BCUT2D eigenvalue weighted by Gasteiger charge is -2.15. The molecule has 3 N–H and O–H groups in total. The van der Waals surface area contributed by atoms with Gasteiger partial charge in [0.1, 0.15) is 0 Å². The van der Waals surface area contributed by atoms with Gasteiger partial charge in [0, 0.05) is 31.0 Å². The van der Waals surface area contributed by atoms with E-state index < -0.39 is 10.2 Å². The molecule has 1 aliphatic heterocycles. The Balaban J connectivity index is 2.08. The minimum absolute atomic E-state index is 0.138. The van der Waals surface area contributed by atoms with E-state index in [2.05, 4.69) is 14.8 Å². The van der Waals surface area contributed by atoms with Crippen molar-refractivity contribution in [3.8, 4) is 0 Å². The highest BCUT2D eigenvalue weighted by Gasteiger charge is 2.20. The molecule has 8 heteroatoms. The highest BCUT2D eigenvalue weighted by molar-refractivity contribution is 7.90. The Kier molecular flexibility index (Phi) is 3.91. The topological polar surface area (TPSA) is 90.5 Å². The lowest BCUT2D eigenvalue weighted by molar-refractivity contribution is 0.252. The Hall–Kier alpha value is -1.80. The molecule has 0 radical (unpaired) electrons. The van der Waals surface area contributed by atoms with Gasteiger partial charge < -0.3 is 5.32 Å². The average molecular weight is 284 g/mol. The van der Waals surface area contributed by atoms with Crippen LogP contribution in [0.1, 0.15) is 6.92 Å². The summed E-state index contributed by atoms with van der Waals surface area (Å²) in [7, 11) is -3.52. The molecular weight excluding hydrogens is 268 g/mol. The number of hydrogen-bond donors (Lipinski definition) is 3. The molecule has 1 aromatic rings. The maximum atomic E-state index is 11.5. The molecule has 1 aliphatic rings. The molecule has 0 aromatic heterocycles. The van der Waals surface area contributed by atoms with E-state index in [4.69, 9.17) is 0 Å². The van der Waals surface area contributed by atoms with Gasteiger partial charge >= 0.3 is 6.03 Å². The zero-order valence-electron chi connectivity index (χ0n) is 10.5. The molecule has 1 aromatic carbocycles. The first-order chi connectivity index (χ1) is 9.02. The van der Waals surface area contributed by atoms with Crippen molar-refractivity contribution < 1.29 is 13.2 Å². The third kappa shape index (κ3) is 3.36. The van der Waals surface area contributed by atoms with Gasteiger partial charge in [0.2, 0.25) is 0 Å². The smallest absolute Gasteiger partial charge is 0.321 e. The van der Waals surface area contributed by atoms with E-state index in [1.807, 2.05) is 0 Å². The summed E-state index contributed by atoms with van der Waals surface area (Å²) < 4.78 is 27.7. The first-order valence-corrected chi connectivity index (χ1v) is 7.43. The molecule has 7 nitrogen and oxygen atoms in total. The van der Waals surface area contributed by atoms with Crippen LogP contribution in [-0.4, -0.2) is 34.1 Å². The SMILES string of the molecule is CCNS(=O)(=O)Nc1ccc(N2CCNC2=O)cc1. The van der Waals surface area contributed by atoms with Crippen molar-refractivity contribution in [1.29, 1.82) is 0 Å². The molecule has 0 atom stereocenters. The Morgan fingerprint density at radius 2 is 2.00 bits per heavy atom. The van der Waals surface area contributed by atoms with Gasteiger partial charge in [-0.3, -0.25) is 9.62 Å². The fourth-order valence-electron chi connectivity index (χ4n) is 1.81. The molecule has 2 amide bonds. The van der Waals surface area contributed by atoms with Crippen LogP contribution in [0.2, 0.25) is 0 Å². The molecular formula is C11H16N4O3S. The summed E-state index contributed by atoms with van der Waals surface area (Å²) in [6, 6.07) is 6.51. The molecule has 19 heavy (non-hydrogen) atoms. The summed E-state index contributed by atoms with van der Waals surface area (Å²) in [5.41, 5.74) is 1.19. The molecule has 0 spiro atoms. The molecule has 1 fully saturated rings. The molecule has 2 rings (SSSR count). The van der Waals surface area contributed by atoms with Crippen molar-refractivity contribution in [3.05, 3.63) is 24.3 Å². The summed E-state index contributed by atoms with van der Waals surface area (Å²) in [6.07, 6.45) is 0. The minimum atomic E-state index is -3.52. The van der Waals surface area contributed by atoms with E-state index in [0.717, 1.165) is 5.69 Å². The van der Waals surface area contributed by atoms with Crippen molar-refractivity contribution in [3.63, 3.8) is 0 Å². The van der Waals surface area contributed by atoms with Gasteiger partial charge in [0.05, 0.1) is 0 Å². The van der Waals surface area contributed by atoms with Crippen LogP contribution in [0.3, 0.4) is 0 Å². The molecule has 0 bridgehead atoms. The van der Waals surface area contributed by atoms with Gasteiger partial charge in [-0.25, -0.2) is 4.79 Å². The normalized spacial score (nSPS) is 15.4. The van der Waals surface area contributed by atoms with Crippen molar-refractivity contribution >= 4 is 27.6 Å². The highest BCUT2D eigenvalue weighted by Crippen LogP contribution is 2.19. The number of rotatable bonds is 5. The summed E-state index contributed by atoms with van der Waals surface area (Å²) in [5.74, 6) is 0. The van der Waals surface area contributed by atoms with Gasteiger partial charge in [0.15, 0.2) is 0 Å². The third-order valence-corrected chi connectivity index (χ3v) is 3.80. The quantitative estimate of drug-likeness (QED) is 0.734. The van der Waals surface area contributed by atoms with Crippen LogP contribution in [-0.2, 0) is 10.2 Å². The number of amides is 2. The number of carbonyl (C=O) groups excluding carboxylic acids is 1. The number of urea groups is 1. The maximum Gasteiger partial charge on any atom is 0.321 e. The van der Waals surface area contributed by atoms with Crippen LogP contribution < -0.4 is 19.7 Å². The van der Waals surface area contributed by atoms with Crippen molar-refractivity contribution in [2.75, 3.05) is 29.3 Å². The zero-order chi connectivity index (χ0) is 13.9. The Labute approximate surface area is 112 Å². The average Bonchev–Trinajstić information content (AvgIpc) is 2.76. The largest absolute Gasteiger partial charge is 0.336 e. The first-order valence-electron chi connectivity index (χ1n) is 5.94. The van der Waals surface area contributed by atoms with E-state index >= 15 is 0 Å². The fraction of sp³-hybridized carbons (Fsp3) is 0.364. The molecule has 0 saturated carbocycles. The molecule has 0 unspecified atom stereocenters. The number of nitrogens with one attached hydrogen (secondary N) is 3. The van der Waals surface area contributed by atoms with Crippen LogP contribution in [0.5, 0.6) is 0 Å². The predicted octanol–water partition coefficient (Wildman–Crippen LogP) is 0.482. The second-order valence-corrected chi connectivity index (χ2v) is 5.53. The number of hydrogen-bond acceptors (Lipinski definition) is 3. The lowest BCUT2D eigenvalue weighted by Crippen LogP contribution is -2.30. The van der Waals surface area contributed by atoms with Gasteiger partial charge in [-0.1, -0.05) is 6.92 Å². The fourth-order valence-corrected chi connectivity index (χ4v) is 2.71. The molecule has 1 saturated heterocycles. The van der Waals surface area contributed by atoms with Crippen LogP contribution >= 0.6 is 0 Å². The van der Waals surface area contributed by atoms with Crippen LogP contribution in [0, 0.1) is 0 Å². The van der Waals surface area contributed by atoms with Crippen molar-refractivity contribution in [2.24, 2.45) is 0 Å². The third-order valence-electron chi connectivity index (χ3n) is 2.62. The monoisotopic (exact) mass is 284 g/mol. The number of carbonyl (C=O) groups is 1. The van der Waals surface area contributed by atoms with Crippen molar-refractivity contribution in [2.45, 2.75) is 6.92 Å². The molecule has 0 aliphatic carbocycles. The lowest BCUT2D eigenvalue weighted by atomic mass is 10.2. The van der Waals surface area contributed by atoms with Crippen LogP contribution in [0.4, 0.5) is 16.2 Å². The van der Waals surface area contributed by atoms with Gasteiger partial charge in [0.25, 0.3) is 10.2 Å². The van der Waals surface area contributed by atoms with Gasteiger partial charge in [-0.05, 0) is 24.3 Å². The second-order valence-electron chi connectivity index (χ2n) is 4.03. The Morgan fingerprint density at radius 3 is 2.53 bits per heavy atom. The Bertz CT molecular complexity index is 556. The standard InChI is InChI=1S/C11H16N4O3S/c1-2-13-19(17,18)14-9-3-5-10(6-4-9)15-8-7-12-11(15)16/h3-6,13-14H,2,7-8H2,1H3,(H,12,16). The van der Waals surface area contributed by atoms with E-state index in [9.17, 15) is 13.2 Å². The highest BCUT2D eigenvalue weighted by atomic mass is 32.2. The minimum Gasteiger partial charge on any atom is -0.336 e. The molecule has 1 heterocycles. The Morgan fingerprint density at radius 1 is 1.32 bits per heavy atom. The zero-order valence-corrected chi connectivity index (χ0v) is 11.3. The van der Waals surface area contributed by atoms with Crippen molar-refractivity contribution in [1.82, 2.24) is 10.0 Å². The van der Waals surface area contributed by atoms with E-state index in [1.165, 1.54) is 0 Å². The van der Waals surface area contributed by atoms with Crippen LogP contribution in [0.15, 0.2) is 24.3 Å². The van der Waals surface area contributed by atoms with Gasteiger partial charge in [-0.2, -0.15) is 13.1 Å². The van der Waals surface area contributed by atoms with Crippen LogP contribution in [0.25, 0.3) is 0 Å². The first kappa shape index (κ1) is 13.6. The van der Waals surface area contributed by atoms with E-state index in [0.29, 0.717) is 25.3 Å². The maximum absolute atomic E-state index is 11.5. The number of nitrogens with zero attached hydrogens (tertiary/aromatic N) is 1.